The summed E-state index contributed by atoms with van der Waals surface area (Å²) >= 11 is 0. The number of alkyl halides is 1. The number of hydrogen-bond acceptors (Lipinski definition) is 3. The number of nitrogens with zero attached hydrogens (tertiary/aromatic N) is 2. The Bertz CT molecular complexity index is 736. The van der Waals surface area contributed by atoms with Crippen LogP contribution in [0.5, 0.6) is 0 Å². The number of rotatable bonds is 6. The van der Waals surface area contributed by atoms with Crippen molar-refractivity contribution in [2.45, 2.75) is 76.0 Å². The Morgan fingerprint density at radius 2 is 1.68 bits per heavy atom. The van der Waals surface area contributed by atoms with Crippen LogP contribution in [0.25, 0.3) is 0 Å². The van der Waals surface area contributed by atoms with Gasteiger partial charge in [0.05, 0.1) is 5.92 Å². The minimum atomic E-state index is -0.731. The van der Waals surface area contributed by atoms with Crippen molar-refractivity contribution < 1.29 is 14.0 Å². The van der Waals surface area contributed by atoms with Crippen molar-refractivity contribution in [1.82, 2.24) is 15.1 Å². The molecule has 2 saturated heterocycles. The molecule has 0 aromatic heterocycles. The smallest absolute Gasteiger partial charge is 0.230 e. The summed E-state index contributed by atoms with van der Waals surface area (Å²) in [6, 6.07) is 10.7. The molecule has 0 spiro atoms. The van der Waals surface area contributed by atoms with Gasteiger partial charge in [0, 0.05) is 31.1 Å². The summed E-state index contributed by atoms with van der Waals surface area (Å²) in [4.78, 5) is 30.1. The standard InChI is InChI=1S/C25H36FN3O2/c1-2-23(18-6-4-3-5-7-18)25(31)29-14-10-22(11-15-29)28-12-8-19(9-13-28)24(30)27-21-16-20(26)17-21/h3-7,19-23H,2,8-17H2,1H3,(H,27,30). The molecule has 0 bridgehead atoms. The van der Waals surface area contributed by atoms with Crippen molar-refractivity contribution in [3.05, 3.63) is 35.9 Å². The van der Waals surface area contributed by atoms with Crippen LogP contribution in [0.4, 0.5) is 4.39 Å². The lowest BCUT2D eigenvalue weighted by Gasteiger charge is -2.42. The number of benzene rings is 1. The molecule has 3 aliphatic rings. The Hall–Kier alpha value is -1.95. The molecular formula is C25H36FN3O2. The van der Waals surface area contributed by atoms with Gasteiger partial charge in [0.15, 0.2) is 0 Å². The summed E-state index contributed by atoms with van der Waals surface area (Å²) in [5.41, 5.74) is 1.11. The number of likely N-dealkylation sites (tertiary alicyclic amines) is 2. The van der Waals surface area contributed by atoms with E-state index in [0.29, 0.717) is 18.9 Å². The molecule has 1 N–H and O–H groups in total. The van der Waals surface area contributed by atoms with E-state index in [4.69, 9.17) is 0 Å². The van der Waals surface area contributed by atoms with Crippen LogP contribution in [0.1, 0.15) is 63.4 Å². The molecule has 2 aliphatic heterocycles. The molecule has 1 aromatic carbocycles. The maximum absolute atomic E-state index is 13.1. The summed E-state index contributed by atoms with van der Waals surface area (Å²) in [6.45, 7) is 5.60. The highest BCUT2D eigenvalue weighted by Crippen LogP contribution is 2.28. The summed E-state index contributed by atoms with van der Waals surface area (Å²) in [7, 11) is 0. The Morgan fingerprint density at radius 3 is 2.26 bits per heavy atom. The van der Waals surface area contributed by atoms with Gasteiger partial charge < -0.3 is 15.1 Å². The summed E-state index contributed by atoms with van der Waals surface area (Å²) in [5, 5.41) is 3.02. The zero-order chi connectivity index (χ0) is 21.8. The Balaban J connectivity index is 1.21. The van der Waals surface area contributed by atoms with E-state index in [1.54, 1.807) is 0 Å². The fourth-order valence-corrected chi connectivity index (χ4v) is 5.42. The third kappa shape index (κ3) is 5.28. The third-order valence-electron chi connectivity index (χ3n) is 7.53. The van der Waals surface area contributed by atoms with Gasteiger partial charge in [-0.05, 0) is 63.6 Å². The summed E-state index contributed by atoms with van der Waals surface area (Å²) in [5.74, 6) is 0.389. The number of piperidine rings is 2. The highest BCUT2D eigenvalue weighted by atomic mass is 19.1. The number of nitrogens with one attached hydrogen (secondary N) is 1. The van der Waals surface area contributed by atoms with Crippen LogP contribution in [0.15, 0.2) is 30.3 Å². The lowest BCUT2D eigenvalue weighted by atomic mass is 9.88. The molecule has 6 heteroatoms. The maximum atomic E-state index is 13.1. The van der Waals surface area contributed by atoms with Crippen LogP contribution in [0.2, 0.25) is 0 Å². The number of amides is 2. The first-order chi connectivity index (χ1) is 15.0. The van der Waals surface area contributed by atoms with Crippen LogP contribution in [-0.2, 0) is 9.59 Å². The van der Waals surface area contributed by atoms with Gasteiger partial charge >= 0.3 is 0 Å². The van der Waals surface area contributed by atoms with Crippen LogP contribution >= 0.6 is 0 Å². The largest absolute Gasteiger partial charge is 0.353 e. The quantitative estimate of drug-likeness (QED) is 0.753. The maximum Gasteiger partial charge on any atom is 0.230 e. The van der Waals surface area contributed by atoms with Crippen LogP contribution in [0.3, 0.4) is 0 Å². The predicted molar refractivity (Wildman–Crippen MR) is 119 cm³/mol. The van der Waals surface area contributed by atoms with Crippen LogP contribution in [0, 0.1) is 5.92 Å². The number of halogens is 1. The van der Waals surface area contributed by atoms with Gasteiger partial charge in [0.25, 0.3) is 0 Å². The van der Waals surface area contributed by atoms with E-state index in [9.17, 15) is 14.0 Å². The second-order valence-electron chi connectivity index (χ2n) is 9.51. The lowest BCUT2D eigenvalue weighted by molar-refractivity contribution is -0.135. The molecule has 1 saturated carbocycles. The fraction of sp³-hybridized carbons (Fsp3) is 0.680. The normalized spacial score (nSPS) is 26.8. The van der Waals surface area contributed by atoms with E-state index in [0.717, 1.165) is 63.8 Å². The first-order valence-corrected chi connectivity index (χ1v) is 12.1. The Kier molecular flexibility index (Phi) is 7.26. The van der Waals surface area contributed by atoms with Gasteiger partial charge in [-0.3, -0.25) is 9.59 Å². The molecule has 0 radical (unpaired) electrons. The lowest BCUT2D eigenvalue weighted by Crippen LogP contribution is -2.52. The molecule has 1 unspecified atom stereocenters. The Morgan fingerprint density at radius 1 is 1.03 bits per heavy atom. The van der Waals surface area contributed by atoms with E-state index in [1.807, 2.05) is 18.2 Å². The van der Waals surface area contributed by atoms with Crippen molar-refractivity contribution >= 4 is 11.8 Å². The minimum absolute atomic E-state index is 0.0460. The molecule has 2 heterocycles. The van der Waals surface area contributed by atoms with Gasteiger partial charge in [0.2, 0.25) is 11.8 Å². The molecule has 1 atom stereocenters. The van der Waals surface area contributed by atoms with E-state index in [1.165, 1.54) is 0 Å². The van der Waals surface area contributed by atoms with Gasteiger partial charge in [-0.2, -0.15) is 0 Å². The number of carbonyl (C=O) groups excluding carboxylic acids is 2. The van der Waals surface area contributed by atoms with E-state index in [2.05, 4.69) is 34.2 Å². The average molecular weight is 430 g/mol. The van der Waals surface area contributed by atoms with E-state index >= 15 is 0 Å². The SMILES string of the molecule is CCC(C(=O)N1CCC(N2CCC(C(=O)NC3CC(F)C3)CC2)CC1)c1ccccc1. The highest BCUT2D eigenvalue weighted by molar-refractivity contribution is 5.83. The van der Waals surface area contributed by atoms with Crippen molar-refractivity contribution in [1.29, 1.82) is 0 Å². The van der Waals surface area contributed by atoms with Crippen molar-refractivity contribution in [2.24, 2.45) is 5.92 Å². The fourth-order valence-electron chi connectivity index (χ4n) is 5.42. The molecule has 3 fully saturated rings. The minimum Gasteiger partial charge on any atom is -0.353 e. The van der Waals surface area contributed by atoms with E-state index in [-0.39, 0.29) is 29.7 Å². The van der Waals surface area contributed by atoms with Gasteiger partial charge in [-0.25, -0.2) is 4.39 Å². The molecule has 5 nitrogen and oxygen atoms in total. The van der Waals surface area contributed by atoms with Crippen molar-refractivity contribution in [3.8, 4) is 0 Å². The van der Waals surface area contributed by atoms with E-state index < -0.39 is 6.17 Å². The highest BCUT2D eigenvalue weighted by Gasteiger charge is 2.35. The van der Waals surface area contributed by atoms with Gasteiger partial charge in [-0.1, -0.05) is 37.3 Å². The average Bonchev–Trinajstić information content (AvgIpc) is 2.79. The zero-order valence-electron chi connectivity index (χ0n) is 18.6. The monoisotopic (exact) mass is 429 g/mol. The predicted octanol–water partition coefficient (Wildman–Crippen LogP) is 3.50. The zero-order valence-corrected chi connectivity index (χ0v) is 18.6. The van der Waals surface area contributed by atoms with Crippen LogP contribution < -0.4 is 5.32 Å². The molecule has 1 aliphatic carbocycles. The summed E-state index contributed by atoms with van der Waals surface area (Å²) in [6.07, 6.45) is 4.82. The van der Waals surface area contributed by atoms with Crippen molar-refractivity contribution in [2.75, 3.05) is 26.2 Å². The molecule has 4 rings (SSSR count). The molecule has 170 valence electrons. The number of carbonyl (C=O) groups is 2. The Labute approximate surface area is 185 Å². The third-order valence-corrected chi connectivity index (χ3v) is 7.53. The second kappa shape index (κ2) is 10.1. The topological polar surface area (TPSA) is 52.7 Å². The molecular weight excluding hydrogens is 393 g/mol. The second-order valence-corrected chi connectivity index (χ2v) is 9.51. The van der Waals surface area contributed by atoms with Gasteiger partial charge in [0.1, 0.15) is 6.17 Å². The molecule has 2 amide bonds. The molecule has 1 aromatic rings. The molecule has 31 heavy (non-hydrogen) atoms. The van der Waals surface area contributed by atoms with Gasteiger partial charge in [-0.15, -0.1) is 0 Å². The first-order valence-electron chi connectivity index (χ1n) is 12.1. The number of hydrogen-bond donors (Lipinski definition) is 1. The first kappa shape index (κ1) is 22.3. The summed E-state index contributed by atoms with van der Waals surface area (Å²) < 4.78 is 13.0. The van der Waals surface area contributed by atoms with Crippen LogP contribution in [-0.4, -0.2) is 66.0 Å². The van der Waals surface area contributed by atoms with Crippen molar-refractivity contribution in [3.63, 3.8) is 0 Å².